The lowest BCUT2D eigenvalue weighted by Crippen LogP contribution is -2.26. The first-order valence-electron chi connectivity index (χ1n) is 4.88. The molecular formula is C9H16FNO5. The van der Waals surface area contributed by atoms with Gasteiger partial charge >= 0.3 is 6.09 Å². The number of carbonyl (C=O) groups excluding carboxylic acids is 2. The largest absolute Gasteiger partial charge is 0.444 e. The fraction of sp³-hybridized carbons (Fsp3) is 0.778. The summed E-state index contributed by atoms with van der Waals surface area (Å²) in [7, 11) is 0. The molecule has 0 aromatic rings. The number of nitrogens with one attached hydrogen (secondary N) is 1. The summed E-state index contributed by atoms with van der Waals surface area (Å²) >= 11 is 0. The van der Waals surface area contributed by atoms with Crippen molar-refractivity contribution in [2.45, 2.75) is 13.3 Å². The van der Waals surface area contributed by atoms with Crippen molar-refractivity contribution in [1.82, 2.24) is 5.32 Å². The Morgan fingerprint density at radius 1 is 1.12 bits per heavy atom. The van der Waals surface area contributed by atoms with Gasteiger partial charge in [0, 0.05) is 17.5 Å². The van der Waals surface area contributed by atoms with Gasteiger partial charge < -0.3 is 14.8 Å². The van der Waals surface area contributed by atoms with E-state index >= 15 is 0 Å². The molecule has 0 rings (SSSR count). The minimum atomic E-state index is -1.14. The lowest BCUT2D eigenvalue weighted by molar-refractivity contribution is -0.118. The van der Waals surface area contributed by atoms with E-state index in [0.717, 1.165) is 0 Å². The standard InChI is InChI=1S/C9H16FNO5/c1-8(12)2-4-14-6-7-15-5-3-11-9(13)16-10/h2-7H2,1H3,(H,11,13). The number of amides is 1. The van der Waals surface area contributed by atoms with Crippen LogP contribution in [0.2, 0.25) is 0 Å². The Labute approximate surface area is 92.9 Å². The van der Waals surface area contributed by atoms with Crippen LogP contribution in [0.1, 0.15) is 13.3 Å². The van der Waals surface area contributed by atoms with E-state index in [-0.39, 0.29) is 18.9 Å². The van der Waals surface area contributed by atoms with E-state index in [1.807, 2.05) is 0 Å². The molecule has 0 spiro atoms. The first-order valence-corrected chi connectivity index (χ1v) is 4.88. The van der Waals surface area contributed by atoms with Gasteiger partial charge in [-0.25, -0.2) is 9.74 Å². The molecule has 0 fully saturated rings. The van der Waals surface area contributed by atoms with Crippen molar-refractivity contribution in [3.8, 4) is 0 Å². The average Bonchev–Trinajstić information content (AvgIpc) is 2.26. The van der Waals surface area contributed by atoms with Crippen molar-refractivity contribution in [3.63, 3.8) is 0 Å². The van der Waals surface area contributed by atoms with Gasteiger partial charge in [-0.15, -0.1) is 0 Å². The molecule has 1 amide bonds. The van der Waals surface area contributed by atoms with Crippen molar-refractivity contribution in [1.29, 1.82) is 0 Å². The Morgan fingerprint density at radius 2 is 1.75 bits per heavy atom. The van der Waals surface area contributed by atoms with Gasteiger partial charge in [-0.05, 0) is 6.92 Å². The predicted molar refractivity (Wildman–Crippen MR) is 52.5 cm³/mol. The maximum Gasteiger partial charge on any atom is 0.444 e. The van der Waals surface area contributed by atoms with Gasteiger partial charge in [0.25, 0.3) is 0 Å². The molecule has 0 bridgehead atoms. The van der Waals surface area contributed by atoms with E-state index in [2.05, 4.69) is 10.3 Å². The van der Waals surface area contributed by atoms with Crippen LogP contribution in [0.5, 0.6) is 0 Å². The molecular weight excluding hydrogens is 221 g/mol. The normalized spacial score (nSPS) is 9.88. The fourth-order valence-corrected chi connectivity index (χ4v) is 0.790. The zero-order chi connectivity index (χ0) is 12.2. The molecule has 6 nitrogen and oxygen atoms in total. The van der Waals surface area contributed by atoms with Crippen LogP contribution in [0.15, 0.2) is 0 Å². The second kappa shape index (κ2) is 10.3. The molecule has 0 heterocycles. The van der Waals surface area contributed by atoms with E-state index in [1.54, 1.807) is 0 Å². The molecule has 0 aromatic heterocycles. The molecule has 0 aliphatic rings. The zero-order valence-electron chi connectivity index (χ0n) is 9.16. The Bertz CT molecular complexity index is 212. The van der Waals surface area contributed by atoms with Crippen LogP contribution in [-0.4, -0.2) is 44.8 Å². The van der Waals surface area contributed by atoms with Gasteiger partial charge in [-0.1, -0.05) is 0 Å². The van der Waals surface area contributed by atoms with Gasteiger partial charge in [-0.3, -0.25) is 4.79 Å². The Hall–Kier alpha value is -1.21. The second-order valence-corrected chi connectivity index (χ2v) is 2.97. The lowest BCUT2D eigenvalue weighted by atomic mass is 10.3. The smallest absolute Gasteiger partial charge is 0.379 e. The molecule has 16 heavy (non-hydrogen) atoms. The van der Waals surface area contributed by atoms with Crippen LogP contribution in [-0.2, 0) is 19.2 Å². The summed E-state index contributed by atoms with van der Waals surface area (Å²) in [5.41, 5.74) is 0. The predicted octanol–water partition coefficient (Wildman–Crippen LogP) is 0.609. The molecule has 0 radical (unpaired) electrons. The topological polar surface area (TPSA) is 73.9 Å². The summed E-state index contributed by atoms with van der Waals surface area (Å²) in [5.74, 6) is 0.0786. The van der Waals surface area contributed by atoms with Crippen LogP contribution in [0.25, 0.3) is 0 Å². The number of carbonyl (C=O) groups is 2. The van der Waals surface area contributed by atoms with Gasteiger partial charge in [0.2, 0.25) is 0 Å². The van der Waals surface area contributed by atoms with Gasteiger partial charge in [-0.2, -0.15) is 0 Å². The number of halogens is 1. The van der Waals surface area contributed by atoms with Gasteiger partial charge in [0.15, 0.2) is 0 Å². The average molecular weight is 237 g/mol. The summed E-state index contributed by atoms with van der Waals surface area (Å²) in [6.45, 7) is 3.01. The van der Waals surface area contributed by atoms with Crippen LogP contribution < -0.4 is 5.32 Å². The molecule has 0 aromatic carbocycles. The number of Topliss-reactive ketones (excluding diaryl/α,β-unsaturated/α-hetero) is 1. The molecule has 1 N–H and O–H groups in total. The molecule has 0 unspecified atom stereocenters. The van der Waals surface area contributed by atoms with Crippen molar-refractivity contribution < 1.29 is 28.5 Å². The van der Waals surface area contributed by atoms with E-state index in [4.69, 9.17) is 9.47 Å². The van der Waals surface area contributed by atoms with Gasteiger partial charge in [0.05, 0.1) is 26.4 Å². The molecule has 7 heteroatoms. The minimum Gasteiger partial charge on any atom is -0.379 e. The number of hydrogen-bond acceptors (Lipinski definition) is 5. The third-order valence-corrected chi connectivity index (χ3v) is 1.56. The molecule has 0 aliphatic carbocycles. The first-order chi connectivity index (χ1) is 7.66. The van der Waals surface area contributed by atoms with Crippen molar-refractivity contribution in [3.05, 3.63) is 0 Å². The second-order valence-electron chi connectivity index (χ2n) is 2.97. The van der Waals surface area contributed by atoms with Crippen LogP contribution in [0.4, 0.5) is 9.32 Å². The monoisotopic (exact) mass is 237 g/mol. The molecule has 0 saturated carbocycles. The molecule has 0 saturated heterocycles. The van der Waals surface area contributed by atoms with E-state index < -0.39 is 6.09 Å². The summed E-state index contributed by atoms with van der Waals surface area (Å²) in [6, 6.07) is 0. The maximum atomic E-state index is 11.2. The molecule has 94 valence electrons. The van der Waals surface area contributed by atoms with Gasteiger partial charge in [0.1, 0.15) is 5.78 Å². The Kier molecular flexibility index (Phi) is 9.53. The van der Waals surface area contributed by atoms with Crippen molar-refractivity contribution in [2.24, 2.45) is 0 Å². The zero-order valence-corrected chi connectivity index (χ0v) is 9.16. The highest BCUT2D eigenvalue weighted by Gasteiger charge is 1.99. The van der Waals surface area contributed by atoms with Crippen LogP contribution in [0.3, 0.4) is 0 Å². The number of ether oxygens (including phenoxy) is 2. The lowest BCUT2D eigenvalue weighted by Gasteiger charge is -2.05. The van der Waals surface area contributed by atoms with E-state index in [9.17, 15) is 14.1 Å². The summed E-state index contributed by atoms with van der Waals surface area (Å²) < 4.78 is 21.3. The SMILES string of the molecule is CC(=O)CCOCCOCCNC(=O)OF. The number of hydrogen-bond donors (Lipinski definition) is 1. The molecule has 0 aliphatic heterocycles. The number of rotatable bonds is 9. The van der Waals surface area contributed by atoms with Crippen LogP contribution >= 0.6 is 0 Å². The first kappa shape index (κ1) is 14.8. The molecule has 0 atom stereocenters. The highest BCUT2D eigenvalue weighted by atomic mass is 19.3. The van der Waals surface area contributed by atoms with Crippen molar-refractivity contribution in [2.75, 3.05) is 33.0 Å². The van der Waals surface area contributed by atoms with Crippen LogP contribution in [0, 0.1) is 0 Å². The quantitative estimate of drug-likeness (QED) is 0.595. The summed E-state index contributed by atoms with van der Waals surface area (Å²) in [6.07, 6.45) is -0.745. The van der Waals surface area contributed by atoms with E-state index in [0.29, 0.717) is 26.2 Å². The summed E-state index contributed by atoms with van der Waals surface area (Å²) in [5, 5.41) is 2.10. The van der Waals surface area contributed by atoms with E-state index in [1.165, 1.54) is 6.92 Å². The Balaban J connectivity index is 3.04. The van der Waals surface area contributed by atoms with Crippen molar-refractivity contribution >= 4 is 11.9 Å². The maximum absolute atomic E-state index is 11.2. The fourth-order valence-electron chi connectivity index (χ4n) is 0.790. The highest BCUT2D eigenvalue weighted by molar-refractivity contribution is 5.75. The third-order valence-electron chi connectivity index (χ3n) is 1.56. The highest BCUT2D eigenvalue weighted by Crippen LogP contribution is 1.85. The summed E-state index contributed by atoms with van der Waals surface area (Å²) in [4.78, 5) is 23.6. The third kappa shape index (κ3) is 10.9. The minimum absolute atomic E-state index is 0.0786. The number of ketones is 1. The Morgan fingerprint density at radius 3 is 2.31 bits per heavy atom.